The Morgan fingerprint density at radius 3 is 2.44 bits per heavy atom. The van der Waals surface area contributed by atoms with Crippen molar-refractivity contribution >= 4 is 17.4 Å². The van der Waals surface area contributed by atoms with Crippen LogP contribution in [0.3, 0.4) is 0 Å². The number of anilines is 1. The Kier molecular flexibility index (Phi) is 10.4. The quantitative estimate of drug-likeness (QED) is 0.113. The van der Waals surface area contributed by atoms with Crippen LogP contribution >= 0.6 is 0 Å². The number of aryl methyl sites for hydroxylation is 1. The monoisotopic (exact) mass is 652 g/mol. The largest absolute Gasteiger partial charge is 0.486 e. The van der Waals surface area contributed by atoms with E-state index >= 15 is 0 Å². The van der Waals surface area contributed by atoms with Gasteiger partial charge in [0.2, 0.25) is 0 Å². The Morgan fingerprint density at radius 2 is 1.77 bits per heavy atom. The van der Waals surface area contributed by atoms with Gasteiger partial charge in [-0.05, 0) is 72.1 Å². The SMILES string of the molecule is C=CCOC1(C)CCN(c2c(C(OC(C)(C)C)C(=O)OC)c(C)nc3cc(-c4cccc(-c5ccccc5OC(C)C=C)c4)nn23)CC1. The number of fused-ring (bicyclic) bond motifs is 1. The third kappa shape index (κ3) is 7.63. The van der Waals surface area contributed by atoms with Gasteiger partial charge in [0.05, 0.1) is 36.2 Å². The van der Waals surface area contributed by atoms with E-state index in [2.05, 4.69) is 37.1 Å². The van der Waals surface area contributed by atoms with Gasteiger partial charge in [-0.25, -0.2) is 9.78 Å². The normalized spacial score (nSPS) is 15.9. The zero-order valence-corrected chi connectivity index (χ0v) is 29.3. The first-order valence-electron chi connectivity index (χ1n) is 16.5. The van der Waals surface area contributed by atoms with E-state index < -0.39 is 17.7 Å². The van der Waals surface area contributed by atoms with Gasteiger partial charge in [-0.1, -0.05) is 55.1 Å². The van der Waals surface area contributed by atoms with Crippen LogP contribution in [-0.4, -0.2) is 64.7 Å². The molecule has 0 saturated carbocycles. The zero-order chi connectivity index (χ0) is 34.6. The standard InChI is InChI=1S/C39H48N4O5/c1-10-23-46-39(8)19-21-42(22-20-39)36-34(35(37(44)45-9)48-38(5,6)7)27(4)40-33-25-31(41-43(33)36)29-16-14-15-28(24-29)30-17-12-13-18-32(30)47-26(3)11-2/h10-18,24-26,35H,1-2,19-23H2,3-9H3. The summed E-state index contributed by atoms with van der Waals surface area (Å²) >= 11 is 0. The number of rotatable bonds is 12. The van der Waals surface area contributed by atoms with E-state index in [0.717, 1.165) is 46.8 Å². The van der Waals surface area contributed by atoms with Gasteiger partial charge in [0.1, 0.15) is 17.7 Å². The molecule has 2 unspecified atom stereocenters. The first kappa shape index (κ1) is 34.9. The van der Waals surface area contributed by atoms with Crippen molar-refractivity contribution in [2.24, 2.45) is 0 Å². The van der Waals surface area contributed by atoms with E-state index in [1.54, 1.807) is 12.2 Å². The molecule has 254 valence electrons. The van der Waals surface area contributed by atoms with Crippen LogP contribution in [0.1, 0.15) is 64.8 Å². The maximum atomic E-state index is 13.4. The topological polar surface area (TPSA) is 87.4 Å². The minimum absolute atomic E-state index is 0.132. The highest BCUT2D eigenvalue weighted by Gasteiger charge is 2.38. The number of benzene rings is 2. The number of carbonyl (C=O) groups is 1. The van der Waals surface area contributed by atoms with Crippen LogP contribution in [0.2, 0.25) is 0 Å². The summed E-state index contributed by atoms with van der Waals surface area (Å²) < 4.78 is 25.9. The Balaban J connectivity index is 1.64. The highest BCUT2D eigenvalue weighted by molar-refractivity contribution is 5.81. The van der Waals surface area contributed by atoms with Crippen LogP contribution in [-0.2, 0) is 19.0 Å². The van der Waals surface area contributed by atoms with Crippen molar-refractivity contribution < 1.29 is 23.7 Å². The lowest BCUT2D eigenvalue weighted by Crippen LogP contribution is -2.45. The van der Waals surface area contributed by atoms with Crippen LogP contribution in [0.4, 0.5) is 5.82 Å². The fraction of sp³-hybridized carbons (Fsp3) is 0.410. The summed E-state index contributed by atoms with van der Waals surface area (Å²) in [5.74, 6) is 1.06. The van der Waals surface area contributed by atoms with Crippen molar-refractivity contribution in [2.75, 3.05) is 31.7 Å². The van der Waals surface area contributed by atoms with Crippen molar-refractivity contribution in [2.45, 2.75) is 77.8 Å². The summed E-state index contributed by atoms with van der Waals surface area (Å²) in [5, 5.41) is 5.14. The number of esters is 1. The summed E-state index contributed by atoms with van der Waals surface area (Å²) in [6, 6.07) is 18.2. The maximum absolute atomic E-state index is 13.4. The lowest BCUT2D eigenvalue weighted by Gasteiger charge is -2.41. The van der Waals surface area contributed by atoms with Gasteiger partial charge in [-0.15, -0.1) is 6.58 Å². The molecule has 3 heterocycles. The van der Waals surface area contributed by atoms with Gasteiger partial charge in [-0.2, -0.15) is 9.61 Å². The smallest absolute Gasteiger partial charge is 0.339 e. The number of nitrogens with zero attached hydrogens (tertiary/aromatic N) is 4. The van der Waals surface area contributed by atoms with E-state index in [4.69, 9.17) is 29.0 Å². The molecule has 1 saturated heterocycles. The number of hydrogen-bond acceptors (Lipinski definition) is 8. The minimum Gasteiger partial charge on any atom is -0.486 e. The second-order valence-electron chi connectivity index (χ2n) is 13.5. The molecular formula is C39H48N4O5. The highest BCUT2D eigenvalue weighted by atomic mass is 16.6. The molecule has 0 aliphatic carbocycles. The highest BCUT2D eigenvalue weighted by Crippen LogP contribution is 2.39. The number of hydrogen-bond donors (Lipinski definition) is 0. The third-order valence-corrected chi connectivity index (χ3v) is 8.62. The fourth-order valence-corrected chi connectivity index (χ4v) is 6.05. The second-order valence-corrected chi connectivity index (χ2v) is 13.5. The third-order valence-electron chi connectivity index (χ3n) is 8.62. The Labute approximate surface area is 284 Å². The number of methoxy groups -OCH3 is 1. The molecule has 0 amide bonds. The lowest BCUT2D eigenvalue weighted by molar-refractivity contribution is -0.164. The summed E-state index contributed by atoms with van der Waals surface area (Å²) in [5.41, 5.74) is 4.74. The summed E-state index contributed by atoms with van der Waals surface area (Å²) in [4.78, 5) is 20.6. The van der Waals surface area contributed by atoms with Crippen LogP contribution in [0.25, 0.3) is 28.0 Å². The van der Waals surface area contributed by atoms with E-state index in [1.807, 2.05) is 81.6 Å². The number of ether oxygens (including phenoxy) is 4. The van der Waals surface area contributed by atoms with Crippen LogP contribution < -0.4 is 9.64 Å². The van der Waals surface area contributed by atoms with Crippen molar-refractivity contribution in [3.63, 3.8) is 0 Å². The van der Waals surface area contributed by atoms with Gasteiger partial charge in [0.15, 0.2) is 11.8 Å². The van der Waals surface area contributed by atoms with E-state index in [1.165, 1.54) is 7.11 Å². The Morgan fingerprint density at radius 1 is 1.06 bits per heavy atom. The predicted octanol–water partition coefficient (Wildman–Crippen LogP) is 7.92. The fourth-order valence-electron chi connectivity index (χ4n) is 6.05. The van der Waals surface area contributed by atoms with Gasteiger partial charge in [0.25, 0.3) is 0 Å². The van der Waals surface area contributed by atoms with E-state index in [-0.39, 0.29) is 11.7 Å². The summed E-state index contributed by atoms with van der Waals surface area (Å²) in [7, 11) is 1.38. The van der Waals surface area contributed by atoms with Gasteiger partial charge >= 0.3 is 5.97 Å². The molecule has 2 aromatic carbocycles. The number of piperidine rings is 1. The van der Waals surface area contributed by atoms with Crippen LogP contribution in [0.5, 0.6) is 5.75 Å². The molecule has 0 spiro atoms. The molecule has 2 aromatic heterocycles. The average Bonchev–Trinajstić information content (AvgIpc) is 3.49. The number of carbonyl (C=O) groups excluding carboxylic acids is 1. The molecule has 2 atom stereocenters. The average molecular weight is 653 g/mol. The molecule has 0 N–H and O–H groups in total. The molecule has 5 rings (SSSR count). The Hall–Kier alpha value is -4.47. The molecule has 48 heavy (non-hydrogen) atoms. The van der Waals surface area contributed by atoms with Crippen molar-refractivity contribution in [1.29, 1.82) is 0 Å². The van der Waals surface area contributed by atoms with E-state index in [0.29, 0.717) is 36.6 Å². The van der Waals surface area contributed by atoms with Gasteiger partial charge in [-0.3, -0.25) is 0 Å². The first-order chi connectivity index (χ1) is 22.9. The molecule has 1 aliphatic rings. The zero-order valence-electron chi connectivity index (χ0n) is 29.3. The molecule has 1 aliphatic heterocycles. The number of para-hydroxylation sites is 1. The molecule has 0 bridgehead atoms. The van der Waals surface area contributed by atoms with Crippen molar-refractivity contribution in [1.82, 2.24) is 14.6 Å². The summed E-state index contributed by atoms with van der Waals surface area (Å²) in [6.07, 6.45) is 4.00. The lowest BCUT2D eigenvalue weighted by atomic mass is 9.92. The van der Waals surface area contributed by atoms with Crippen LogP contribution in [0.15, 0.2) is 79.9 Å². The predicted molar refractivity (Wildman–Crippen MR) is 190 cm³/mol. The first-order valence-corrected chi connectivity index (χ1v) is 16.5. The molecular weight excluding hydrogens is 604 g/mol. The molecule has 4 aromatic rings. The van der Waals surface area contributed by atoms with Crippen molar-refractivity contribution in [3.8, 4) is 28.1 Å². The molecule has 1 fully saturated rings. The second kappa shape index (κ2) is 14.3. The number of aromatic nitrogens is 3. The van der Waals surface area contributed by atoms with Gasteiger partial charge < -0.3 is 23.8 Å². The minimum atomic E-state index is -1.00. The van der Waals surface area contributed by atoms with Crippen molar-refractivity contribution in [3.05, 3.63) is 91.2 Å². The molecule has 9 heteroatoms. The van der Waals surface area contributed by atoms with E-state index in [9.17, 15) is 4.79 Å². The van der Waals surface area contributed by atoms with Crippen LogP contribution in [0, 0.1) is 6.92 Å². The molecule has 9 nitrogen and oxygen atoms in total. The maximum Gasteiger partial charge on any atom is 0.339 e. The molecule has 0 radical (unpaired) electrons. The summed E-state index contributed by atoms with van der Waals surface area (Å²) in [6.45, 7) is 21.3. The Bertz CT molecular complexity index is 1780. The van der Waals surface area contributed by atoms with Gasteiger partial charge in [0, 0.05) is 36.0 Å².